The Hall–Kier alpha value is -2.73. The van der Waals surface area contributed by atoms with Gasteiger partial charge in [-0.2, -0.15) is 0 Å². The zero-order valence-corrected chi connectivity index (χ0v) is 15.4. The molecule has 3 aromatic rings. The van der Waals surface area contributed by atoms with Gasteiger partial charge in [-0.05, 0) is 68.7 Å². The summed E-state index contributed by atoms with van der Waals surface area (Å²) in [5.41, 5.74) is 3.51. The van der Waals surface area contributed by atoms with Gasteiger partial charge in [-0.25, -0.2) is 4.98 Å². The lowest BCUT2D eigenvalue weighted by Gasteiger charge is -2.07. The normalized spacial score (nSPS) is 13.6. The standard InChI is InChI=1S/C20H19N3O2S/c1-11-9-12(2)21-20-16(11)10-17(26-20)19(25)23-15-7-5-14(6-8-15)22-18(24)13-3-4-13/h5-10,13H,3-4H2,1-2H3,(H,22,24)(H,23,25). The molecule has 5 nitrogen and oxygen atoms in total. The van der Waals surface area contributed by atoms with Crippen LogP contribution in [0.2, 0.25) is 0 Å². The number of carbonyl (C=O) groups is 2. The number of aryl methyl sites for hydroxylation is 2. The highest BCUT2D eigenvalue weighted by atomic mass is 32.1. The van der Waals surface area contributed by atoms with E-state index >= 15 is 0 Å². The summed E-state index contributed by atoms with van der Waals surface area (Å²) >= 11 is 1.39. The zero-order chi connectivity index (χ0) is 18.3. The van der Waals surface area contributed by atoms with E-state index in [0.29, 0.717) is 10.6 Å². The molecule has 2 amide bonds. The van der Waals surface area contributed by atoms with Crippen molar-refractivity contribution >= 4 is 44.7 Å². The highest BCUT2D eigenvalue weighted by molar-refractivity contribution is 7.20. The maximum Gasteiger partial charge on any atom is 0.265 e. The molecule has 0 radical (unpaired) electrons. The Morgan fingerprint density at radius 1 is 1.04 bits per heavy atom. The van der Waals surface area contributed by atoms with Crippen LogP contribution >= 0.6 is 11.3 Å². The monoisotopic (exact) mass is 365 g/mol. The van der Waals surface area contributed by atoms with Gasteiger partial charge >= 0.3 is 0 Å². The smallest absolute Gasteiger partial charge is 0.265 e. The van der Waals surface area contributed by atoms with E-state index in [0.717, 1.165) is 40.0 Å². The number of rotatable bonds is 4. The third-order valence-electron chi connectivity index (χ3n) is 4.42. The Morgan fingerprint density at radius 3 is 2.35 bits per heavy atom. The van der Waals surface area contributed by atoms with E-state index in [2.05, 4.69) is 15.6 Å². The average molecular weight is 365 g/mol. The van der Waals surface area contributed by atoms with Crippen LogP contribution in [-0.2, 0) is 4.79 Å². The van der Waals surface area contributed by atoms with Gasteiger partial charge in [0, 0.05) is 28.4 Å². The number of carbonyl (C=O) groups excluding carboxylic acids is 2. The zero-order valence-electron chi connectivity index (χ0n) is 14.6. The fraction of sp³-hybridized carbons (Fsp3) is 0.250. The molecular weight excluding hydrogens is 346 g/mol. The number of benzene rings is 1. The molecule has 1 saturated carbocycles. The molecule has 2 aromatic heterocycles. The first-order valence-corrected chi connectivity index (χ1v) is 9.41. The number of hydrogen-bond acceptors (Lipinski definition) is 4. The van der Waals surface area contributed by atoms with E-state index < -0.39 is 0 Å². The molecule has 6 heteroatoms. The summed E-state index contributed by atoms with van der Waals surface area (Å²) in [6.07, 6.45) is 1.95. The quantitative estimate of drug-likeness (QED) is 0.714. The average Bonchev–Trinajstić information content (AvgIpc) is 3.36. The second-order valence-corrected chi connectivity index (χ2v) is 7.74. The lowest BCUT2D eigenvalue weighted by atomic mass is 10.2. The van der Waals surface area contributed by atoms with Gasteiger partial charge in [0.25, 0.3) is 5.91 Å². The molecular formula is C20H19N3O2S. The van der Waals surface area contributed by atoms with Crippen LogP contribution in [-0.4, -0.2) is 16.8 Å². The minimum Gasteiger partial charge on any atom is -0.326 e. The molecule has 0 saturated heterocycles. The van der Waals surface area contributed by atoms with Crippen molar-refractivity contribution in [1.82, 2.24) is 4.98 Å². The van der Waals surface area contributed by atoms with Crippen LogP contribution in [0, 0.1) is 19.8 Å². The van der Waals surface area contributed by atoms with Crippen molar-refractivity contribution in [2.75, 3.05) is 10.6 Å². The number of nitrogens with one attached hydrogen (secondary N) is 2. The van der Waals surface area contributed by atoms with E-state index in [-0.39, 0.29) is 17.7 Å². The van der Waals surface area contributed by atoms with E-state index in [1.807, 2.05) is 26.0 Å². The molecule has 26 heavy (non-hydrogen) atoms. The van der Waals surface area contributed by atoms with E-state index in [1.54, 1.807) is 24.3 Å². The van der Waals surface area contributed by atoms with E-state index in [4.69, 9.17) is 0 Å². The topological polar surface area (TPSA) is 71.1 Å². The Kier molecular flexibility index (Phi) is 4.20. The first-order chi connectivity index (χ1) is 12.5. The Morgan fingerprint density at radius 2 is 1.69 bits per heavy atom. The highest BCUT2D eigenvalue weighted by Crippen LogP contribution is 2.30. The van der Waals surface area contributed by atoms with Crippen molar-refractivity contribution < 1.29 is 9.59 Å². The van der Waals surface area contributed by atoms with Gasteiger partial charge in [-0.15, -0.1) is 11.3 Å². The predicted octanol–water partition coefficient (Wildman–Crippen LogP) is 4.51. The number of anilines is 2. The molecule has 0 spiro atoms. The molecule has 0 bridgehead atoms. The van der Waals surface area contributed by atoms with Crippen LogP contribution in [0.1, 0.15) is 33.8 Å². The third kappa shape index (κ3) is 3.46. The molecule has 1 fully saturated rings. The minimum absolute atomic E-state index is 0.0743. The summed E-state index contributed by atoms with van der Waals surface area (Å²) in [6.45, 7) is 3.98. The van der Waals surface area contributed by atoms with Crippen molar-refractivity contribution in [3.05, 3.63) is 52.5 Å². The number of fused-ring (bicyclic) bond motifs is 1. The molecule has 0 aliphatic heterocycles. The highest BCUT2D eigenvalue weighted by Gasteiger charge is 2.29. The second kappa shape index (κ2) is 6.53. The number of thiophene rings is 1. The molecule has 0 atom stereocenters. The van der Waals surface area contributed by atoms with Gasteiger partial charge < -0.3 is 10.6 Å². The summed E-state index contributed by atoms with van der Waals surface area (Å²) in [7, 11) is 0. The number of aromatic nitrogens is 1. The van der Waals surface area contributed by atoms with Crippen LogP contribution in [0.4, 0.5) is 11.4 Å². The van der Waals surface area contributed by atoms with Crippen LogP contribution in [0.3, 0.4) is 0 Å². The maximum absolute atomic E-state index is 12.5. The third-order valence-corrected chi connectivity index (χ3v) is 5.45. The van der Waals surface area contributed by atoms with Gasteiger partial charge in [0.1, 0.15) is 4.83 Å². The molecule has 2 N–H and O–H groups in total. The van der Waals surface area contributed by atoms with Crippen molar-refractivity contribution in [2.24, 2.45) is 5.92 Å². The number of pyridine rings is 1. The summed E-state index contributed by atoms with van der Waals surface area (Å²) in [4.78, 5) is 30.3. The Labute approximate surface area is 155 Å². The largest absolute Gasteiger partial charge is 0.326 e. The number of amides is 2. The van der Waals surface area contributed by atoms with Crippen LogP contribution in [0.25, 0.3) is 10.2 Å². The fourth-order valence-electron chi connectivity index (χ4n) is 2.86. The first kappa shape index (κ1) is 16.7. The van der Waals surface area contributed by atoms with Crippen LogP contribution < -0.4 is 10.6 Å². The molecule has 1 aromatic carbocycles. The number of hydrogen-bond donors (Lipinski definition) is 2. The van der Waals surface area contributed by atoms with Crippen molar-refractivity contribution in [3.63, 3.8) is 0 Å². The lowest BCUT2D eigenvalue weighted by molar-refractivity contribution is -0.117. The van der Waals surface area contributed by atoms with Gasteiger partial charge in [0.05, 0.1) is 4.88 Å². The Balaban J connectivity index is 1.47. The minimum atomic E-state index is -0.153. The van der Waals surface area contributed by atoms with Gasteiger partial charge in [-0.3, -0.25) is 9.59 Å². The van der Waals surface area contributed by atoms with Crippen molar-refractivity contribution in [1.29, 1.82) is 0 Å². The number of nitrogens with zero attached hydrogens (tertiary/aromatic N) is 1. The lowest BCUT2D eigenvalue weighted by Crippen LogP contribution is -2.13. The van der Waals surface area contributed by atoms with Crippen LogP contribution in [0.15, 0.2) is 36.4 Å². The first-order valence-electron chi connectivity index (χ1n) is 8.59. The summed E-state index contributed by atoms with van der Waals surface area (Å²) < 4.78 is 0. The van der Waals surface area contributed by atoms with Crippen LogP contribution in [0.5, 0.6) is 0 Å². The predicted molar refractivity (Wildman–Crippen MR) is 105 cm³/mol. The van der Waals surface area contributed by atoms with Gasteiger partial charge in [0.15, 0.2) is 0 Å². The molecule has 4 rings (SSSR count). The Bertz CT molecular complexity index is 1000. The molecule has 132 valence electrons. The van der Waals surface area contributed by atoms with E-state index in [9.17, 15) is 9.59 Å². The second-order valence-electron chi connectivity index (χ2n) is 6.71. The SMILES string of the molecule is Cc1cc(C)c2cc(C(=O)Nc3ccc(NC(=O)C4CC4)cc3)sc2n1. The summed E-state index contributed by atoms with van der Waals surface area (Å²) in [5.74, 6) is 0.0908. The molecule has 0 unspecified atom stereocenters. The van der Waals surface area contributed by atoms with Gasteiger partial charge in [0.2, 0.25) is 5.91 Å². The van der Waals surface area contributed by atoms with Crippen molar-refractivity contribution in [2.45, 2.75) is 26.7 Å². The van der Waals surface area contributed by atoms with Crippen molar-refractivity contribution in [3.8, 4) is 0 Å². The summed E-state index contributed by atoms with van der Waals surface area (Å²) in [6, 6.07) is 11.1. The molecule has 1 aliphatic carbocycles. The molecule has 1 aliphatic rings. The summed E-state index contributed by atoms with van der Waals surface area (Å²) in [5, 5.41) is 6.80. The molecule has 2 heterocycles. The van der Waals surface area contributed by atoms with E-state index in [1.165, 1.54) is 11.3 Å². The fourth-order valence-corrected chi connectivity index (χ4v) is 3.91. The maximum atomic E-state index is 12.5. The van der Waals surface area contributed by atoms with Gasteiger partial charge in [-0.1, -0.05) is 0 Å².